The number of hydrogen-bond acceptors (Lipinski definition) is 3. The molecule has 0 radical (unpaired) electrons. The predicted molar refractivity (Wildman–Crippen MR) is 131 cm³/mol. The summed E-state index contributed by atoms with van der Waals surface area (Å²) in [4.78, 5) is 29.5. The topological polar surface area (TPSA) is 61.9 Å². The zero-order chi connectivity index (χ0) is 23.2. The van der Waals surface area contributed by atoms with E-state index in [1.807, 2.05) is 48.2 Å². The van der Waals surface area contributed by atoms with E-state index in [2.05, 4.69) is 36.5 Å². The maximum absolute atomic E-state index is 13.1. The lowest BCUT2D eigenvalue weighted by molar-refractivity contribution is 0.102. The van der Waals surface area contributed by atoms with E-state index in [4.69, 9.17) is 4.74 Å². The first kappa shape index (κ1) is 22.4. The molecule has 0 aliphatic carbocycles. The number of ether oxygens (including phenoxy) is 1. The van der Waals surface area contributed by atoms with Crippen molar-refractivity contribution in [3.8, 4) is 5.75 Å². The van der Waals surface area contributed by atoms with Crippen molar-refractivity contribution in [1.29, 1.82) is 0 Å². The van der Waals surface area contributed by atoms with Crippen LogP contribution in [0.25, 0.3) is 0 Å². The summed E-state index contributed by atoms with van der Waals surface area (Å²) >= 11 is 0. The summed E-state index contributed by atoms with van der Waals surface area (Å²) in [7, 11) is 0. The molecule has 1 aliphatic rings. The number of benzene rings is 3. The van der Waals surface area contributed by atoms with Crippen molar-refractivity contribution >= 4 is 23.3 Å². The maximum atomic E-state index is 13.1. The number of para-hydroxylation sites is 2. The van der Waals surface area contributed by atoms with Crippen molar-refractivity contribution in [2.24, 2.45) is 0 Å². The van der Waals surface area contributed by atoms with Gasteiger partial charge in [-0.15, -0.1) is 0 Å². The summed E-state index contributed by atoms with van der Waals surface area (Å²) in [6.45, 7) is 6.47. The molecule has 0 unspecified atom stereocenters. The Hall–Kier alpha value is -3.80. The fourth-order valence-electron chi connectivity index (χ4n) is 3.92. The lowest BCUT2D eigenvalue weighted by Crippen LogP contribution is -2.49. The Kier molecular flexibility index (Phi) is 6.93. The third-order valence-electron chi connectivity index (χ3n) is 5.68. The van der Waals surface area contributed by atoms with Gasteiger partial charge in [0.15, 0.2) is 0 Å². The lowest BCUT2D eigenvalue weighted by Gasteiger charge is -2.35. The highest BCUT2D eigenvalue weighted by molar-refractivity contribution is 6.05. The second-order valence-electron chi connectivity index (χ2n) is 8.13. The van der Waals surface area contributed by atoms with Crippen LogP contribution < -0.4 is 15.0 Å². The molecule has 0 atom stereocenters. The summed E-state index contributed by atoms with van der Waals surface area (Å²) in [6.07, 6.45) is 0.897. The monoisotopic (exact) mass is 443 g/mol. The summed E-state index contributed by atoms with van der Waals surface area (Å²) in [5.41, 5.74) is 4.27. The van der Waals surface area contributed by atoms with Crippen LogP contribution in [0.2, 0.25) is 0 Å². The van der Waals surface area contributed by atoms with Crippen LogP contribution in [0.1, 0.15) is 34.8 Å². The lowest BCUT2D eigenvalue weighted by atomic mass is 10.1. The number of carbonyl (C=O) groups is 2. The van der Waals surface area contributed by atoms with Crippen molar-refractivity contribution in [2.45, 2.75) is 26.8 Å². The molecule has 3 aromatic carbocycles. The van der Waals surface area contributed by atoms with E-state index in [9.17, 15) is 9.59 Å². The fraction of sp³-hybridized carbons (Fsp3) is 0.259. The molecule has 170 valence electrons. The van der Waals surface area contributed by atoms with Crippen molar-refractivity contribution < 1.29 is 14.3 Å². The maximum Gasteiger partial charge on any atom is 0.324 e. The first-order chi connectivity index (χ1) is 16.0. The largest absolute Gasteiger partial charge is 0.492 e. The minimum atomic E-state index is -0.223. The summed E-state index contributed by atoms with van der Waals surface area (Å²) in [6, 6.07) is 22.8. The summed E-state index contributed by atoms with van der Waals surface area (Å²) < 4.78 is 5.58. The number of rotatable bonds is 7. The number of carbonyl (C=O) groups excluding carboxylic acids is 2. The molecular weight excluding hydrogens is 414 g/mol. The zero-order valence-corrected chi connectivity index (χ0v) is 19.1. The Morgan fingerprint density at radius 3 is 2.42 bits per heavy atom. The molecule has 0 saturated carbocycles. The molecule has 0 spiro atoms. The third kappa shape index (κ3) is 5.34. The normalized spacial score (nSPS) is 13.7. The molecule has 1 fully saturated rings. The first-order valence-electron chi connectivity index (χ1n) is 11.3. The standard InChI is InChI=1S/C27H29N3O3/c1-3-33-25-8-5-4-7-24(25)28-26(31)22-13-15-23(16-14-22)30-18-6-17-29(27(30)32)19-21-11-9-20(2)10-12-21/h4-5,7-16H,3,6,17-19H2,1-2H3,(H,28,31). The highest BCUT2D eigenvalue weighted by Crippen LogP contribution is 2.26. The zero-order valence-electron chi connectivity index (χ0n) is 19.1. The van der Waals surface area contributed by atoms with Gasteiger partial charge >= 0.3 is 6.03 Å². The second kappa shape index (κ2) is 10.2. The van der Waals surface area contributed by atoms with Crippen LogP contribution in [0.5, 0.6) is 5.75 Å². The third-order valence-corrected chi connectivity index (χ3v) is 5.68. The van der Waals surface area contributed by atoms with Gasteiger partial charge in [-0.25, -0.2) is 4.79 Å². The Morgan fingerprint density at radius 1 is 0.970 bits per heavy atom. The van der Waals surface area contributed by atoms with Gasteiger partial charge in [-0.2, -0.15) is 0 Å². The van der Waals surface area contributed by atoms with Crippen molar-refractivity contribution in [2.75, 3.05) is 29.9 Å². The Bertz CT molecular complexity index is 1110. The average molecular weight is 444 g/mol. The molecule has 0 aromatic heterocycles. The van der Waals surface area contributed by atoms with Gasteiger partial charge in [0.25, 0.3) is 5.91 Å². The van der Waals surface area contributed by atoms with Crippen LogP contribution >= 0.6 is 0 Å². The molecule has 0 bridgehead atoms. The predicted octanol–water partition coefficient (Wildman–Crippen LogP) is 5.48. The molecule has 3 amide bonds. The van der Waals surface area contributed by atoms with Gasteiger partial charge in [0.2, 0.25) is 0 Å². The van der Waals surface area contributed by atoms with E-state index in [1.165, 1.54) is 5.56 Å². The van der Waals surface area contributed by atoms with E-state index in [1.54, 1.807) is 17.0 Å². The fourth-order valence-corrected chi connectivity index (χ4v) is 3.92. The molecule has 1 N–H and O–H groups in total. The van der Waals surface area contributed by atoms with Crippen molar-refractivity contribution in [1.82, 2.24) is 4.90 Å². The molecule has 6 heteroatoms. The minimum absolute atomic E-state index is 0.00957. The van der Waals surface area contributed by atoms with E-state index in [0.29, 0.717) is 36.7 Å². The van der Waals surface area contributed by atoms with Crippen LogP contribution in [0.4, 0.5) is 16.2 Å². The molecule has 1 aliphatic heterocycles. The highest BCUT2D eigenvalue weighted by Gasteiger charge is 2.27. The van der Waals surface area contributed by atoms with Gasteiger partial charge in [-0.1, -0.05) is 42.0 Å². The minimum Gasteiger partial charge on any atom is -0.492 e. The number of nitrogens with one attached hydrogen (secondary N) is 1. The number of aryl methyl sites for hydroxylation is 1. The highest BCUT2D eigenvalue weighted by atomic mass is 16.5. The molecule has 1 heterocycles. The quantitative estimate of drug-likeness (QED) is 0.526. The van der Waals surface area contributed by atoms with Gasteiger partial charge < -0.3 is 15.0 Å². The van der Waals surface area contributed by atoms with Crippen LogP contribution in [-0.2, 0) is 6.54 Å². The Labute approximate surface area is 194 Å². The Morgan fingerprint density at radius 2 is 1.70 bits per heavy atom. The molecule has 33 heavy (non-hydrogen) atoms. The van der Waals surface area contributed by atoms with Gasteiger partial charge in [-0.3, -0.25) is 9.69 Å². The number of nitrogens with zero attached hydrogens (tertiary/aromatic N) is 2. The van der Waals surface area contributed by atoms with Gasteiger partial charge in [0, 0.05) is 30.9 Å². The van der Waals surface area contributed by atoms with Gasteiger partial charge in [-0.05, 0) is 62.2 Å². The second-order valence-corrected chi connectivity index (χ2v) is 8.13. The van der Waals surface area contributed by atoms with E-state index >= 15 is 0 Å². The van der Waals surface area contributed by atoms with Gasteiger partial charge in [0.05, 0.1) is 12.3 Å². The van der Waals surface area contributed by atoms with Crippen molar-refractivity contribution in [3.63, 3.8) is 0 Å². The van der Waals surface area contributed by atoms with Crippen LogP contribution in [0.3, 0.4) is 0 Å². The van der Waals surface area contributed by atoms with E-state index < -0.39 is 0 Å². The molecular formula is C27H29N3O3. The van der Waals surface area contributed by atoms with Crippen LogP contribution in [0, 0.1) is 6.92 Å². The number of anilines is 2. The van der Waals surface area contributed by atoms with Gasteiger partial charge in [0.1, 0.15) is 5.75 Å². The number of urea groups is 1. The number of hydrogen-bond donors (Lipinski definition) is 1. The summed E-state index contributed by atoms with van der Waals surface area (Å²) in [5, 5.41) is 2.90. The number of amides is 3. The Balaban J connectivity index is 1.43. The molecule has 3 aromatic rings. The SMILES string of the molecule is CCOc1ccccc1NC(=O)c1ccc(N2CCCN(Cc3ccc(C)cc3)C2=O)cc1. The average Bonchev–Trinajstić information content (AvgIpc) is 2.83. The van der Waals surface area contributed by atoms with E-state index in [-0.39, 0.29) is 11.9 Å². The van der Waals surface area contributed by atoms with Crippen LogP contribution in [-0.4, -0.2) is 36.5 Å². The van der Waals surface area contributed by atoms with E-state index in [0.717, 1.165) is 24.2 Å². The summed E-state index contributed by atoms with van der Waals surface area (Å²) in [5.74, 6) is 0.414. The smallest absolute Gasteiger partial charge is 0.324 e. The van der Waals surface area contributed by atoms with Crippen molar-refractivity contribution in [3.05, 3.63) is 89.5 Å². The molecule has 4 rings (SSSR count). The molecule has 1 saturated heterocycles. The molecule has 6 nitrogen and oxygen atoms in total. The van der Waals surface area contributed by atoms with Crippen LogP contribution in [0.15, 0.2) is 72.8 Å². The first-order valence-corrected chi connectivity index (χ1v) is 11.3.